The van der Waals surface area contributed by atoms with Gasteiger partial charge in [0.2, 0.25) is 5.78 Å². The van der Waals surface area contributed by atoms with E-state index in [1.807, 2.05) is 0 Å². The second-order valence-electron chi connectivity index (χ2n) is 11.2. The lowest BCUT2D eigenvalue weighted by Gasteiger charge is -2.50. The number of Topliss-reactive ketones (excluding diaryl/α,β-unsaturated/α-hetero) is 2. The number of benzene rings is 2. The lowest BCUT2D eigenvalue weighted by atomic mass is 9.58. The van der Waals surface area contributed by atoms with Crippen molar-refractivity contribution in [1.29, 1.82) is 0 Å². The molecule has 4 atom stereocenters. The van der Waals surface area contributed by atoms with E-state index in [-0.39, 0.29) is 34.6 Å². The van der Waals surface area contributed by atoms with Crippen LogP contribution in [0, 0.1) is 11.8 Å². The van der Waals surface area contributed by atoms with Gasteiger partial charge in [0.05, 0.1) is 16.5 Å². The molecule has 2 aromatic rings. The zero-order chi connectivity index (χ0) is 33.0. The maximum Gasteiger partial charge on any atom is 0.294 e. The fourth-order valence-corrected chi connectivity index (χ4v) is 6.87. The van der Waals surface area contributed by atoms with Crippen molar-refractivity contribution in [1.82, 2.24) is 4.90 Å². The number of halogens is 1. The molecule has 7 N–H and O–H groups in total. The molecule has 0 spiro atoms. The van der Waals surface area contributed by atoms with Gasteiger partial charge in [0.1, 0.15) is 22.8 Å². The molecule has 0 aromatic heterocycles. The molecule has 44 heavy (non-hydrogen) atoms. The van der Waals surface area contributed by atoms with Gasteiger partial charge in [-0.15, -0.1) is 0 Å². The zero-order valence-corrected chi connectivity index (χ0v) is 25.7. The van der Waals surface area contributed by atoms with Crippen molar-refractivity contribution < 1.29 is 47.8 Å². The third-order valence-corrected chi connectivity index (χ3v) is 9.29. The van der Waals surface area contributed by atoms with E-state index in [9.17, 15) is 43.2 Å². The number of ketones is 2. The second-order valence-corrected chi connectivity index (χ2v) is 13.1. The Morgan fingerprint density at radius 2 is 1.61 bits per heavy atom. The molecular formula is C29H32ClN3O10S. The Hall–Kier alpha value is -3.95. The molecule has 0 fully saturated rings. The number of hydrogen-bond acceptors (Lipinski definition) is 11. The number of phenols is 1. The van der Waals surface area contributed by atoms with Crippen molar-refractivity contribution in [2.75, 3.05) is 33.1 Å². The Kier molecular flexibility index (Phi) is 8.63. The fourth-order valence-electron chi connectivity index (χ4n) is 6.26. The number of likely N-dealkylation sites (N-methyl/N-ethyl adjacent to an activating group) is 1. The minimum absolute atomic E-state index is 0.00184. The van der Waals surface area contributed by atoms with Crippen molar-refractivity contribution >= 4 is 44.9 Å². The summed E-state index contributed by atoms with van der Waals surface area (Å²) in [5.41, 5.74) is 3.02. The van der Waals surface area contributed by atoms with Crippen LogP contribution >= 0.6 is 11.6 Å². The molecule has 2 aromatic carbocycles. The van der Waals surface area contributed by atoms with Gasteiger partial charge in [-0.25, -0.2) is 0 Å². The second kappa shape index (κ2) is 11.5. The van der Waals surface area contributed by atoms with Crippen molar-refractivity contribution in [2.24, 2.45) is 17.6 Å². The monoisotopic (exact) mass is 649 g/mol. The summed E-state index contributed by atoms with van der Waals surface area (Å²) in [6, 6.07) is 7.32. The van der Waals surface area contributed by atoms with Gasteiger partial charge < -0.3 is 31.1 Å². The highest BCUT2D eigenvalue weighted by Gasteiger charge is 2.63. The molecule has 3 aliphatic rings. The van der Waals surface area contributed by atoms with Crippen LogP contribution in [-0.2, 0) is 26.1 Å². The summed E-state index contributed by atoms with van der Waals surface area (Å²) in [7, 11) is 2.71. The zero-order valence-electron chi connectivity index (χ0n) is 24.1. The lowest BCUT2D eigenvalue weighted by molar-refractivity contribution is -0.148. The highest BCUT2D eigenvalue weighted by Crippen LogP contribution is 2.53. The number of aliphatic hydroxyl groups is 3. The Balaban J connectivity index is 0.000000339. The quantitative estimate of drug-likeness (QED) is 0.206. The third kappa shape index (κ3) is 5.32. The first-order valence-electron chi connectivity index (χ1n) is 13.2. The number of rotatable bonds is 4. The molecule has 13 nitrogen and oxygen atoms in total. The molecule has 0 aliphatic heterocycles. The highest BCUT2D eigenvalue weighted by atomic mass is 35.5. The van der Waals surface area contributed by atoms with Gasteiger partial charge in [-0.1, -0.05) is 11.6 Å². The number of fused-ring (bicyclic) bond motifs is 3. The maximum absolute atomic E-state index is 13.5. The van der Waals surface area contributed by atoms with Gasteiger partial charge in [-0.05, 0) is 74.8 Å². The normalized spacial score (nSPS) is 24.7. The number of aromatic hydroxyl groups is 1. The number of carbonyl (C=O) groups excluding carboxylic acids is 3. The van der Waals surface area contributed by atoms with E-state index in [4.69, 9.17) is 21.9 Å². The Morgan fingerprint density at radius 1 is 1.02 bits per heavy atom. The van der Waals surface area contributed by atoms with Crippen LogP contribution < -0.4 is 10.6 Å². The van der Waals surface area contributed by atoms with Gasteiger partial charge in [0, 0.05) is 36.3 Å². The Bertz CT molecular complexity index is 1730. The van der Waals surface area contributed by atoms with Crippen LogP contribution in [-0.4, -0.2) is 95.6 Å². The number of anilines is 1. The number of allylic oxidation sites excluding steroid dienone is 1. The summed E-state index contributed by atoms with van der Waals surface area (Å²) in [4.78, 5) is 41.8. The number of amides is 1. The lowest BCUT2D eigenvalue weighted by Crippen LogP contribution is -2.63. The summed E-state index contributed by atoms with van der Waals surface area (Å²) >= 11 is 5.49. The predicted octanol–water partition coefficient (Wildman–Crippen LogP) is 1.77. The van der Waals surface area contributed by atoms with Crippen molar-refractivity contribution in [3.63, 3.8) is 0 Å². The molecule has 0 unspecified atom stereocenters. The number of nitrogens with zero attached hydrogens (tertiary/aromatic N) is 2. The molecule has 0 bridgehead atoms. The standard InChI is InChI=1S/C23H27N3O7.C6H5ClO3S/c1-25(2)12-5-6-13(27)15-10(12)7-9-8-11-17(26(3)4)19(29)16(22(24)32)21(31)23(11,33)20(30)14(9)18(15)28;7-5-1-3-6(4-2-5)11(8,9)10/h5-6,9,11,17,27,29-30,33H,7-8H2,1-4H3,(H2,24,32);1-4H,(H,8,9,10)/t9-,11-,17-,23-;/m0./s1. The molecule has 3 aliphatic carbocycles. The summed E-state index contributed by atoms with van der Waals surface area (Å²) in [6.45, 7) is 0. The van der Waals surface area contributed by atoms with Crippen LogP contribution in [0.25, 0.3) is 0 Å². The molecule has 0 heterocycles. The number of carbonyl (C=O) groups is 3. The van der Waals surface area contributed by atoms with E-state index >= 15 is 0 Å². The summed E-state index contributed by atoms with van der Waals surface area (Å²) in [5, 5.41) is 44.4. The van der Waals surface area contributed by atoms with Gasteiger partial charge in [0.15, 0.2) is 11.4 Å². The Labute approximate surface area is 258 Å². The molecule has 0 saturated carbocycles. The van der Waals surface area contributed by atoms with E-state index < -0.39 is 68.2 Å². The fraction of sp³-hybridized carbons (Fsp3) is 0.345. The number of nitrogens with two attached hydrogens (primary N) is 1. The average Bonchev–Trinajstić information content (AvgIpc) is 2.90. The molecular weight excluding hydrogens is 618 g/mol. The molecule has 236 valence electrons. The summed E-state index contributed by atoms with van der Waals surface area (Å²) in [5.74, 6) is -6.53. The first kappa shape index (κ1) is 33.0. The average molecular weight is 650 g/mol. The number of aliphatic hydroxyl groups excluding tert-OH is 2. The predicted molar refractivity (Wildman–Crippen MR) is 159 cm³/mol. The number of primary amides is 1. The van der Waals surface area contributed by atoms with Crippen molar-refractivity contribution in [2.45, 2.75) is 29.4 Å². The van der Waals surface area contributed by atoms with Crippen LogP contribution in [0.15, 0.2) is 64.0 Å². The highest BCUT2D eigenvalue weighted by molar-refractivity contribution is 7.85. The molecule has 1 amide bonds. The molecule has 0 radical (unpaired) electrons. The summed E-state index contributed by atoms with van der Waals surface area (Å²) < 4.78 is 29.4. The minimum atomic E-state index is -4.08. The number of hydrogen-bond donors (Lipinski definition) is 6. The SMILES string of the molecule is CN(C)c1ccc(O)c2c1C[C@H]1C[C@H]3[C@H](N(C)C)C(O)=C(C(N)=O)C(=O)[C@@]3(O)C(O)=C1C2=O.O=S(=O)(O)c1ccc(Cl)cc1. The van der Waals surface area contributed by atoms with Crippen molar-refractivity contribution in [3.05, 3.63) is 75.2 Å². The van der Waals surface area contributed by atoms with Crippen LogP contribution in [0.3, 0.4) is 0 Å². The van der Waals surface area contributed by atoms with E-state index in [1.165, 1.54) is 35.2 Å². The van der Waals surface area contributed by atoms with Gasteiger partial charge >= 0.3 is 0 Å². The van der Waals surface area contributed by atoms with E-state index in [1.54, 1.807) is 39.2 Å². The molecule has 0 saturated heterocycles. The van der Waals surface area contributed by atoms with Crippen molar-refractivity contribution in [3.8, 4) is 5.75 Å². The summed E-state index contributed by atoms with van der Waals surface area (Å²) in [6.07, 6.45) is 0.324. The van der Waals surface area contributed by atoms with Crippen LogP contribution in [0.1, 0.15) is 22.3 Å². The first-order chi connectivity index (χ1) is 20.3. The third-order valence-electron chi connectivity index (χ3n) is 8.17. The van der Waals surface area contributed by atoms with E-state index in [0.717, 1.165) is 5.69 Å². The van der Waals surface area contributed by atoms with E-state index in [0.29, 0.717) is 10.6 Å². The first-order valence-corrected chi connectivity index (χ1v) is 15.1. The molecule has 15 heteroatoms. The van der Waals surface area contributed by atoms with E-state index in [2.05, 4.69) is 0 Å². The van der Waals surface area contributed by atoms with Gasteiger partial charge in [-0.3, -0.25) is 23.8 Å². The largest absolute Gasteiger partial charge is 0.510 e. The topological polar surface area (TPSA) is 219 Å². The van der Waals surface area contributed by atoms with Crippen LogP contribution in [0.2, 0.25) is 5.02 Å². The van der Waals surface area contributed by atoms with Crippen LogP contribution in [0.4, 0.5) is 5.69 Å². The Morgan fingerprint density at radius 3 is 2.11 bits per heavy atom. The number of phenolic OH excluding ortho intramolecular Hbond substituents is 1. The minimum Gasteiger partial charge on any atom is -0.510 e. The maximum atomic E-state index is 13.5. The molecule has 5 rings (SSSR count). The van der Waals surface area contributed by atoms with Gasteiger partial charge in [-0.2, -0.15) is 8.42 Å². The van der Waals surface area contributed by atoms with Gasteiger partial charge in [0.25, 0.3) is 16.0 Å². The smallest absolute Gasteiger partial charge is 0.294 e. The van der Waals surface area contributed by atoms with Crippen LogP contribution in [0.5, 0.6) is 5.75 Å².